The Labute approximate surface area is 114 Å². The molecule has 1 aliphatic heterocycles. The molecular formula is C13H14N4O3. The average molecular weight is 274 g/mol. The minimum absolute atomic E-state index is 0.329. The Morgan fingerprint density at radius 2 is 2.25 bits per heavy atom. The third kappa shape index (κ3) is 1.56. The first-order valence-corrected chi connectivity index (χ1v) is 6.23. The van der Waals surface area contributed by atoms with Crippen LogP contribution in [-0.4, -0.2) is 38.5 Å². The second kappa shape index (κ2) is 3.96. The zero-order valence-corrected chi connectivity index (χ0v) is 10.9. The molecule has 1 saturated heterocycles. The number of rotatable bonds is 2. The molecule has 4 N–H and O–H groups in total. The van der Waals surface area contributed by atoms with Crippen molar-refractivity contribution in [2.45, 2.75) is 18.9 Å². The van der Waals surface area contributed by atoms with E-state index in [2.05, 4.69) is 9.97 Å². The molecule has 1 aromatic heterocycles. The molecule has 104 valence electrons. The zero-order chi connectivity index (χ0) is 14.5. The van der Waals surface area contributed by atoms with Crippen LogP contribution in [0.2, 0.25) is 0 Å². The second-order valence-electron chi connectivity index (χ2n) is 5.11. The Kier molecular flexibility index (Phi) is 2.47. The van der Waals surface area contributed by atoms with Crippen LogP contribution in [-0.2, 0) is 5.54 Å². The molecule has 1 aliphatic rings. The van der Waals surface area contributed by atoms with E-state index in [9.17, 15) is 9.59 Å². The number of carbonyl (C=O) groups is 2. The van der Waals surface area contributed by atoms with Gasteiger partial charge in [-0.25, -0.2) is 9.78 Å². The van der Waals surface area contributed by atoms with Crippen molar-refractivity contribution in [1.29, 1.82) is 0 Å². The third-order valence-corrected chi connectivity index (χ3v) is 3.94. The van der Waals surface area contributed by atoms with Crippen molar-refractivity contribution >= 4 is 23.0 Å². The van der Waals surface area contributed by atoms with Crippen molar-refractivity contribution < 1.29 is 14.7 Å². The topological polar surface area (TPSA) is 112 Å². The number of likely N-dealkylation sites (tertiary alicyclic amines) is 1. The number of benzene rings is 1. The number of carboxylic acid groups (broad SMARTS) is 1. The van der Waals surface area contributed by atoms with Crippen LogP contribution in [0.1, 0.15) is 29.5 Å². The van der Waals surface area contributed by atoms with Crippen molar-refractivity contribution in [1.82, 2.24) is 14.9 Å². The summed E-state index contributed by atoms with van der Waals surface area (Å²) in [6.07, 6.45) is -0.292. The number of nitrogens with zero attached hydrogens (tertiary/aromatic N) is 2. The van der Waals surface area contributed by atoms with Crippen molar-refractivity contribution in [3.05, 3.63) is 29.6 Å². The highest BCUT2D eigenvalue weighted by atomic mass is 16.4. The minimum Gasteiger partial charge on any atom is -0.465 e. The lowest BCUT2D eigenvalue weighted by atomic mass is 9.86. The lowest BCUT2D eigenvalue weighted by Crippen LogP contribution is -2.58. The van der Waals surface area contributed by atoms with E-state index in [4.69, 9.17) is 10.8 Å². The van der Waals surface area contributed by atoms with E-state index in [0.717, 1.165) is 0 Å². The second-order valence-corrected chi connectivity index (χ2v) is 5.11. The standard InChI is InChI=1S/C13H14N4O3/c1-13(5-6-17(13)12(19)20)11-15-8-4-2-3-7(10(14)18)9(8)16-11/h2-4H,5-6H2,1H3,(H2,14,18)(H,15,16)(H,19,20). The molecule has 1 aromatic carbocycles. The van der Waals surface area contributed by atoms with Gasteiger partial charge >= 0.3 is 6.09 Å². The molecule has 2 amide bonds. The Hall–Kier alpha value is -2.57. The number of nitrogens with two attached hydrogens (primary N) is 1. The molecule has 3 rings (SSSR count). The van der Waals surface area contributed by atoms with Crippen LogP contribution in [0.4, 0.5) is 4.79 Å². The van der Waals surface area contributed by atoms with Gasteiger partial charge in [-0.1, -0.05) is 6.07 Å². The molecule has 2 aromatic rings. The van der Waals surface area contributed by atoms with Crippen LogP contribution in [0.5, 0.6) is 0 Å². The summed E-state index contributed by atoms with van der Waals surface area (Å²) in [5.74, 6) is -0.0163. The van der Waals surface area contributed by atoms with Gasteiger partial charge in [0.2, 0.25) is 0 Å². The number of aromatic nitrogens is 2. The van der Waals surface area contributed by atoms with Gasteiger partial charge in [-0.3, -0.25) is 9.69 Å². The van der Waals surface area contributed by atoms with Crippen LogP contribution in [0.25, 0.3) is 11.0 Å². The quantitative estimate of drug-likeness (QED) is 0.765. The Bertz CT molecular complexity index is 723. The molecule has 0 aliphatic carbocycles. The molecule has 0 saturated carbocycles. The van der Waals surface area contributed by atoms with Crippen LogP contribution in [0.15, 0.2) is 18.2 Å². The minimum atomic E-state index is -0.977. The van der Waals surface area contributed by atoms with Crippen molar-refractivity contribution in [2.75, 3.05) is 6.54 Å². The third-order valence-electron chi connectivity index (χ3n) is 3.94. The van der Waals surface area contributed by atoms with Gasteiger partial charge in [0.1, 0.15) is 16.9 Å². The molecule has 1 fully saturated rings. The van der Waals surface area contributed by atoms with E-state index in [1.165, 1.54) is 4.90 Å². The first-order valence-electron chi connectivity index (χ1n) is 6.23. The number of fused-ring (bicyclic) bond motifs is 1. The summed E-state index contributed by atoms with van der Waals surface area (Å²) in [5, 5.41) is 9.16. The van der Waals surface area contributed by atoms with E-state index in [0.29, 0.717) is 35.4 Å². The fourth-order valence-corrected chi connectivity index (χ4v) is 2.60. The maximum atomic E-state index is 11.4. The van der Waals surface area contributed by atoms with Crippen LogP contribution >= 0.6 is 0 Å². The molecule has 1 unspecified atom stereocenters. The first kappa shape index (κ1) is 12.5. The lowest BCUT2D eigenvalue weighted by Gasteiger charge is -2.47. The molecule has 0 bridgehead atoms. The number of hydrogen-bond acceptors (Lipinski definition) is 3. The maximum Gasteiger partial charge on any atom is 0.408 e. The predicted molar refractivity (Wildman–Crippen MR) is 71.3 cm³/mol. The summed E-state index contributed by atoms with van der Waals surface area (Å²) in [5.41, 5.74) is 6.13. The van der Waals surface area contributed by atoms with Gasteiger partial charge in [0.25, 0.3) is 5.91 Å². The van der Waals surface area contributed by atoms with Gasteiger partial charge < -0.3 is 15.8 Å². The van der Waals surface area contributed by atoms with Crippen LogP contribution < -0.4 is 5.73 Å². The molecule has 7 heteroatoms. The van der Waals surface area contributed by atoms with Crippen molar-refractivity contribution in [3.8, 4) is 0 Å². The molecule has 0 spiro atoms. The fraction of sp³-hybridized carbons (Fsp3) is 0.308. The number of nitrogens with one attached hydrogen (secondary N) is 1. The monoisotopic (exact) mass is 274 g/mol. The maximum absolute atomic E-state index is 11.4. The smallest absolute Gasteiger partial charge is 0.408 e. The van der Waals surface area contributed by atoms with E-state index in [1.807, 2.05) is 6.92 Å². The summed E-state index contributed by atoms with van der Waals surface area (Å²) in [4.78, 5) is 31.4. The molecule has 7 nitrogen and oxygen atoms in total. The van der Waals surface area contributed by atoms with Gasteiger partial charge in [-0.05, 0) is 25.5 Å². The number of primary amides is 1. The molecule has 2 heterocycles. The molecule has 0 radical (unpaired) electrons. The number of imidazole rings is 1. The average Bonchev–Trinajstić information content (AvgIpc) is 2.79. The summed E-state index contributed by atoms with van der Waals surface area (Å²) >= 11 is 0. The summed E-state index contributed by atoms with van der Waals surface area (Å²) in [6, 6.07) is 5.10. The first-order chi connectivity index (χ1) is 9.43. The number of amides is 2. The van der Waals surface area contributed by atoms with E-state index < -0.39 is 17.5 Å². The molecule has 1 atom stereocenters. The number of hydrogen-bond donors (Lipinski definition) is 3. The summed E-state index contributed by atoms with van der Waals surface area (Å²) < 4.78 is 0. The summed E-state index contributed by atoms with van der Waals surface area (Å²) in [6.45, 7) is 2.29. The zero-order valence-electron chi connectivity index (χ0n) is 10.9. The van der Waals surface area contributed by atoms with Gasteiger partial charge in [0.05, 0.1) is 11.1 Å². The Morgan fingerprint density at radius 1 is 1.50 bits per heavy atom. The van der Waals surface area contributed by atoms with E-state index in [-0.39, 0.29) is 0 Å². The SMILES string of the molecule is CC1(c2nc3c(C(N)=O)cccc3[nH]2)CCN1C(=O)O. The predicted octanol–water partition coefficient (Wildman–Crippen LogP) is 1.26. The highest BCUT2D eigenvalue weighted by Crippen LogP contribution is 2.39. The van der Waals surface area contributed by atoms with Crippen molar-refractivity contribution in [2.24, 2.45) is 5.73 Å². The molecule has 20 heavy (non-hydrogen) atoms. The Balaban J connectivity index is 2.12. The van der Waals surface area contributed by atoms with Crippen LogP contribution in [0, 0.1) is 0 Å². The Morgan fingerprint density at radius 3 is 2.80 bits per heavy atom. The van der Waals surface area contributed by atoms with E-state index >= 15 is 0 Å². The van der Waals surface area contributed by atoms with E-state index in [1.54, 1.807) is 18.2 Å². The van der Waals surface area contributed by atoms with Gasteiger partial charge in [-0.2, -0.15) is 0 Å². The highest BCUT2D eigenvalue weighted by molar-refractivity contribution is 6.04. The molecular weight excluding hydrogens is 260 g/mol. The number of carbonyl (C=O) groups excluding carboxylic acids is 1. The summed E-state index contributed by atoms with van der Waals surface area (Å²) in [7, 11) is 0. The van der Waals surface area contributed by atoms with Gasteiger partial charge in [-0.15, -0.1) is 0 Å². The number of aromatic amines is 1. The number of H-pyrrole nitrogens is 1. The lowest BCUT2D eigenvalue weighted by molar-refractivity contribution is 0.00423. The van der Waals surface area contributed by atoms with Gasteiger partial charge in [0.15, 0.2) is 0 Å². The van der Waals surface area contributed by atoms with Gasteiger partial charge in [0, 0.05) is 6.54 Å². The normalized spacial score (nSPS) is 21.8. The van der Waals surface area contributed by atoms with Crippen molar-refractivity contribution in [3.63, 3.8) is 0 Å². The largest absolute Gasteiger partial charge is 0.465 e. The number of para-hydroxylation sites is 1. The highest BCUT2D eigenvalue weighted by Gasteiger charge is 2.47. The van der Waals surface area contributed by atoms with Crippen LogP contribution in [0.3, 0.4) is 0 Å². The fourth-order valence-electron chi connectivity index (χ4n) is 2.60.